The van der Waals surface area contributed by atoms with Crippen LogP contribution in [-0.4, -0.2) is 0 Å². The summed E-state index contributed by atoms with van der Waals surface area (Å²) in [6, 6.07) is 12.8. The van der Waals surface area contributed by atoms with E-state index < -0.39 is 0 Å². The predicted octanol–water partition coefficient (Wildman–Crippen LogP) is 6.61. The molecule has 0 aliphatic rings. The van der Waals surface area contributed by atoms with Crippen LogP contribution in [0.25, 0.3) is 10.1 Å². The Balaban J connectivity index is 2.13. The van der Waals surface area contributed by atoms with Crippen molar-refractivity contribution in [2.24, 2.45) is 0 Å². The second kappa shape index (κ2) is 5.51. The number of thiophene rings is 1. The van der Waals surface area contributed by atoms with E-state index in [4.69, 9.17) is 11.6 Å². The molecule has 0 aliphatic heterocycles. The zero-order chi connectivity index (χ0) is 14.3. The van der Waals surface area contributed by atoms with Crippen molar-refractivity contribution in [1.82, 2.24) is 0 Å². The SMILES string of the molecule is Cc1cc(C(Cl)c2csc3ccccc23)c(C)cc1Br. The summed E-state index contributed by atoms with van der Waals surface area (Å²) in [5.74, 6) is 0. The number of hydrogen-bond acceptors (Lipinski definition) is 1. The lowest BCUT2D eigenvalue weighted by molar-refractivity contribution is 1.12. The highest BCUT2D eigenvalue weighted by atomic mass is 79.9. The van der Waals surface area contributed by atoms with Crippen molar-refractivity contribution in [3.63, 3.8) is 0 Å². The smallest absolute Gasteiger partial charge is 0.0852 e. The molecule has 3 aromatic rings. The van der Waals surface area contributed by atoms with Crippen molar-refractivity contribution in [3.8, 4) is 0 Å². The first-order chi connectivity index (χ1) is 9.58. The molecule has 0 nitrogen and oxygen atoms in total. The van der Waals surface area contributed by atoms with Gasteiger partial charge < -0.3 is 0 Å². The van der Waals surface area contributed by atoms with Crippen LogP contribution in [0.3, 0.4) is 0 Å². The molecule has 2 aromatic carbocycles. The van der Waals surface area contributed by atoms with Crippen LogP contribution < -0.4 is 0 Å². The van der Waals surface area contributed by atoms with Crippen molar-refractivity contribution in [2.75, 3.05) is 0 Å². The molecule has 1 unspecified atom stereocenters. The maximum Gasteiger partial charge on any atom is 0.0852 e. The molecule has 3 rings (SSSR count). The van der Waals surface area contributed by atoms with Crippen molar-refractivity contribution in [3.05, 3.63) is 68.5 Å². The highest BCUT2D eigenvalue weighted by Crippen LogP contribution is 2.39. The Morgan fingerprint density at radius 3 is 2.60 bits per heavy atom. The Morgan fingerprint density at radius 1 is 1.05 bits per heavy atom. The molecule has 0 saturated carbocycles. The first kappa shape index (κ1) is 14.1. The molecule has 0 fully saturated rings. The molecule has 1 atom stereocenters. The number of halogens is 2. The summed E-state index contributed by atoms with van der Waals surface area (Å²) in [6.45, 7) is 4.21. The highest BCUT2D eigenvalue weighted by Gasteiger charge is 2.18. The van der Waals surface area contributed by atoms with Gasteiger partial charge in [-0.05, 0) is 59.0 Å². The summed E-state index contributed by atoms with van der Waals surface area (Å²) in [7, 11) is 0. The lowest BCUT2D eigenvalue weighted by Gasteiger charge is -2.14. The van der Waals surface area contributed by atoms with Crippen LogP contribution in [0.1, 0.15) is 27.6 Å². The molecule has 1 heterocycles. The van der Waals surface area contributed by atoms with E-state index in [9.17, 15) is 0 Å². The van der Waals surface area contributed by atoms with E-state index in [-0.39, 0.29) is 5.38 Å². The average molecular weight is 366 g/mol. The number of rotatable bonds is 2. The highest BCUT2D eigenvalue weighted by molar-refractivity contribution is 9.10. The third kappa shape index (κ3) is 2.41. The molecule has 0 amide bonds. The molecule has 20 heavy (non-hydrogen) atoms. The summed E-state index contributed by atoms with van der Waals surface area (Å²) >= 11 is 12.1. The zero-order valence-corrected chi connectivity index (χ0v) is 14.4. The second-order valence-corrected chi connectivity index (χ2v) is 7.21. The van der Waals surface area contributed by atoms with E-state index in [0.29, 0.717) is 0 Å². The fraction of sp³-hybridized carbons (Fsp3) is 0.176. The molecular formula is C17H14BrClS. The quantitative estimate of drug-likeness (QED) is 0.448. The number of aryl methyl sites for hydroxylation is 2. The normalized spacial score (nSPS) is 12.8. The van der Waals surface area contributed by atoms with Crippen LogP contribution in [0.2, 0.25) is 0 Å². The van der Waals surface area contributed by atoms with Crippen LogP contribution in [-0.2, 0) is 0 Å². The molecule has 0 aliphatic carbocycles. The van der Waals surface area contributed by atoms with Crippen molar-refractivity contribution < 1.29 is 0 Å². The van der Waals surface area contributed by atoms with Gasteiger partial charge in [-0.15, -0.1) is 22.9 Å². The van der Waals surface area contributed by atoms with Gasteiger partial charge in [-0.25, -0.2) is 0 Å². The van der Waals surface area contributed by atoms with E-state index in [1.54, 1.807) is 11.3 Å². The number of alkyl halides is 1. The maximum atomic E-state index is 6.77. The Kier molecular flexibility index (Phi) is 3.89. The molecular weight excluding hydrogens is 352 g/mol. The summed E-state index contributed by atoms with van der Waals surface area (Å²) in [5, 5.41) is 3.34. The Hall–Kier alpha value is -0.830. The number of fused-ring (bicyclic) bond motifs is 1. The van der Waals surface area contributed by atoms with Gasteiger partial charge in [0.2, 0.25) is 0 Å². The monoisotopic (exact) mass is 364 g/mol. The summed E-state index contributed by atoms with van der Waals surface area (Å²) in [4.78, 5) is 0. The fourth-order valence-electron chi connectivity index (χ4n) is 2.44. The van der Waals surface area contributed by atoms with Crippen LogP contribution in [0, 0.1) is 13.8 Å². The van der Waals surface area contributed by atoms with Crippen molar-refractivity contribution in [2.45, 2.75) is 19.2 Å². The van der Waals surface area contributed by atoms with Crippen molar-refractivity contribution in [1.29, 1.82) is 0 Å². The minimum Gasteiger partial charge on any atom is -0.143 e. The number of benzene rings is 2. The summed E-state index contributed by atoms with van der Waals surface area (Å²) in [5.41, 5.74) is 4.83. The maximum absolute atomic E-state index is 6.77. The molecule has 0 spiro atoms. The molecule has 3 heteroatoms. The van der Waals surface area contributed by atoms with Gasteiger partial charge in [-0.1, -0.05) is 40.2 Å². The van der Waals surface area contributed by atoms with Gasteiger partial charge >= 0.3 is 0 Å². The van der Waals surface area contributed by atoms with E-state index in [0.717, 1.165) is 4.47 Å². The zero-order valence-electron chi connectivity index (χ0n) is 11.3. The standard InChI is InChI=1S/C17H14BrClS/c1-10-8-15(18)11(2)7-13(10)17(19)14-9-20-16-6-4-3-5-12(14)16/h3-9,17H,1-2H3. The Bertz CT molecular complexity index is 776. The van der Waals surface area contributed by atoms with E-state index in [2.05, 4.69) is 71.6 Å². The topological polar surface area (TPSA) is 0 Å². The largest absolute Gasteiger partial charge is 0.143 e. The van der Waals surface area contributed by atoms with Crippen LogP contribution in [0.15, 0.2) is 46.3 Å². The van der Waals surface area contributed by atoms with Gasteiger partial charge in [0.15, 0.2) is 0 Å². The molecule has 1 aromatic heterocycles. The molecule has 0 radical (unpaired) electrons. The lowest BCUT2D eigenvalue weighted by Crippen LogP contribution is -1.97. The fourth-order valence-corrected chi connectivity index (χ4v) is 4.37. The first-order valence-corrected chi connectivity index (χ1v) is 8.55. The minimum atomic E-state index is -0.0991. The molecule has 0 N–H and O–H groups in total. The Morgan fingerprint density at radius 2 is 1.80 bits per heavy atom. The third-order valence-electron chi connectivity index (χ3n) is 3.60. The minimum absolute atomic E-state index is 0.0991. The van der Waals surface area contributed by atoms with Crippen LogP contribution in [0.5, 0.6) is 0 Å². The van der Waals surface area contributed by atoms with Gasteiger partial charge in [-0.2, -0.15) is 0 Å². The van der Waals surface area contributed by atoms with Gasteiger partial charge in [0, 0.05) is 9.17 Å². The molecule has 102 valence electrons. The van der Waals surface area contributed by atoms with E-state index in [1.165, 1.54) is 32.3 Å². The predicted molar refractivity (Wildman–Crippen MR) is 93.1 cm³/mol. The second-order valence-electron chi connectivity index (χ2n) is 5.01. The Labute approximate surface area is 136 Å². The van der Waals surface area contributed by atoms with Crippen LogP contribution in [0.4, 0.5) is 0 Å². The summed E-state index contributed by atoms with van der Waals surface area (Å²) < 4.78 is 2.43. The average Bonchev–Trinajstić information content (AvgIpc) is 2.86. The van der Waals surface area contributed by atoms with Crippen molar-refractivity contribution >= 4 is 49.0 Å². The van der Waals surface area contributed by atoms with Gasteiger partial charge in [0.25, 0.3) is 0 Å². The van der Waals surface area contributed by atoms with Gasteiger partial charge in [0.05, 0.1) is 5.38 Å². The summed E-state index contributed by atoms with van der Waals surface area (Å²) in [6.07, 6.45) is 0. The van der Waals surface area contributed by atoms with Gasteiger partial charge in [-0.3, -0.25) is 0 Å². The number of hydrogen-bond donors (Lipinski definition) is 0. The third-order valence-corrected chi connectivity index (χ3v) is 5.91. The molecule has 0 bridgehead atoms. The van der Waals surface area contributed by atoms with Crippen LogP contribution >= 0.6 is 38.9 Å². The van der Waals surface area contributed by atoms with E-state index >= 15 is 0 Å². The molecule has 0 saturated heterocycles. The lowest BCUT2D eigenvalue weighted by atomic mass is 9.98. The first-order valence-electron chi connectivity index (χ1n) is 6.45. The van der Waals surface area contributed by atoms with Gasteiger partial charge in [0.1, 0.15) is 0 Å². The van der Waals surface area contributed by atoms with E-state index in [1.807, 2.05) is 0 Å².